The van der Waals surface area contributed by atoms with Crippen molar-refractivity contribution in [2.24, 2.45) is 0 Å². The van der Waals surface area contributed by atoms with Crippen LogP contribution in [0, 0.1) is 11.6 Å². The molecule has 0 aliphatic carbocycles. The molecule has 1 heterocycles. The number of hydrogen-bond donors (Lipinski definition) is 4. The van der Waals surface area contributed by atoms with Crippen LogP contribution in [0.4, 0.5) is 20.2 Å². The van der Waals surface area contributed by atoms with Crippen LogP contribution in [-0.4, -0.2) is 22.0 Å². The first-order valence-electron chi connectivity index (χ1n) is 8.85. The molecular weight excluding hydrogens is 392 g/mol. The van der Waals surface area contributed by atoms with Gasteiger partial charge in [-0.2, -0.15) is 0 Å². The highest BCUT2D eigenvalue weighted by molar-refractivity contribution is 6.10. The Hall–Kier alpha value is -4.20. The van der Waals surface area contributed by atoms with Gasteiger partial charge in [0, 0.05) is 17.1 Å². The van der Waals surface area contributed by atoms with Crippen LogP contribution in [0.25, 0.3) is 22.0 Å². The maximum Gasteiger partial charge on any atom is 0.336 e. The van der Waals surface area contributed by atoms with Gasteiger partial charge in [0.2, 0.25) is 0 Å². The molecule has 30 heavy (non-hydrogen) atoms. The zero-order valence-electron chi connectivity index (χ0n) is 15.4. The van der Waals surface area contributed by atoms with Crippen molar-refractivity contribution >= 4 is 34.2 Å². The number of hydrogen-bond acceptors (Lipinski definition) is 3. The first-order chi connectivity index (χ1) is 14.3. The van der Waals surface area contributed by atoms with E-state index in [-0.39, 0.29) is 16.7 Å². The lowest BCUT2D eigenvalue weighted by atomic mass is 10.0. The average Bonchev–Trinajstić information content (AvgIpc) is 3.10. The number of benzene rings is 3. The number of amides is 1. The highest BCUT2D eigenvalue weighted by Crippen LogP contribution is 2.31. The Morgan fingerprint density at radius 1 is 0.933 bits per heavy atom. The molecule has 5 N–H and O–H groups in total. The van der Waals surface area contributed by atoms with E-state index in [1.54, 1.807) is 24.4 Å². The maximum atomic E-state index is 14.7. The molecule has 0 radical (unpaired) electrons. The molecule has 0 aliphatic rings. The number of anilines is 2. The fraction of sp³-hybridized carbons (Fsp3) is 0. The molecule has 0 aliphatic heterocycles. The second-order valence-corrected chi connectivity index (χ2v) is 6.62. The molecule has 0 atom stereocenters. The molecule has 4 aromatic rings. The van der Waals surface area contributed by atoms with Crippen LogP contribution in [0.1, 0.15) is 20.7 Å². The number of rotatable bonds is 4. The number of carbonyl (C=O) groups excluding carboxylic acids is 1. The summed E-state index contributed by atoms with van der Waals surface area (Å²) in [6, 6.07) is 12.7. The topological polar surface area (TPSA) is 108 Å². The number of H-pyrrole nitrogens is 1. The van der Waals surface area contributed by atoms with Crippen molar-refractivity contribution in [1.29, 1.82) is 0 Å². The van der Waals surface area contributed by atoms with Gasteiger partial charge in [-0.3, -0.25) is 4.79 Å². The lowest BCUT2D eigenvalue weighted by Crippen LogP contribution is -2.18. The Kier molecular flexibility index (Phi) is 4.67. The summed E-state index contributed by atoms with van der Waals surface area (Å²) in [6.45, 7) is 0. The third-order valence-corrected chi connectivity index (χ3v) is 4.73. The first kappa shape index (κ1) is 19.1. The number of aromatic carboxylic acids is 1. The SMILES string of the molecule is Nc1c[nH]c2ccc(-c3cc(F)c(NC(=O)c4ccccc4C(=O)O)c(F)c3)cc12. The smallest absolute Gasteiger partial charge is 0.336 e. The molecule has 0 bridgehead atoms. The van der Waals surface area contributed by atoms with Crippen molar-refractivity contribution in [1.82, 2.24) is 4.98 Å². The number of nitrogens with two attached hydrogens (primary N) is 1. The van der Waals surface area contributed by atoms with E-state index in [9.17, 15) is 23.5 Å². The van der Waals surface area contributed by atoms with E-state index >= 15 is 0 Å². The summed E-state index contributed by atoms with van der Waals surface area (Å²) >= 11 is 0. The molecule has 1 amide bonds. The Morgan fingerprint density at radius 3 is 2.27 bits per heavy atom. The van der Waals surface area contributed by atoms with Crippen molar-refractivity contribution in [3.63, 3.8) is 0 Å². The van der Waals surface area contributed by atoms with Gasteiger partial charge < -0.3 is 21.1 Å². The van der Waals surface area contributed by atoms with Gasteiger partial charge in [-0.15, -0.1) is 0 Å². The number of carbonyl (C=O) groups is 2. The zero-order valence-corrected chi connectivity index (χ0v) is 15.4. The number of aromatic amines is 1. The van der Waals surface area contributed by atoms with Crippen LogP contribution in [0.2, 0.25) is 0 Å². The quantitative estimate of drug-likeness (QED) is 0.395. The van der Waals surface area contributed by atoms with Gasteiger partial charge in [-0.05, 0) is 47.5 Å². The first-order valence-corrected chi connectivity index (χ1v) is 8.85. The van der Waals surface area contributed by atoms with Crippen LogP contribution < -0.4 is 11.1 Å². The third kappa shape index (κ3) is 3.35. The fourth-order valence-corrected chi connectivity index (χ4v) is 3.23. The zero-order chi connectivity index (χ0) is 21.4. The minimum absolute atomic E-state index is 0.207. The van der Waals surface area contributed by atoms with Crippen molar-refractivity contribution in [2.75, 3.05) is 11.1 Å². The lowest BCUT2D eigenvalue weighted by molar-refractivity contribution is 0.0692. The van der Waals surface area contributed by atoms with Crippen molar-refractivity contribution in [3.8, 4) is 11.1 Å². The molecule has 0 spiro atoms. The van der Waals surface area contributed by atoms with E-state index in [0.29, 0.717) is 11.3 Å². The molecule has 0 saturated heterocycles. The normalized spacial score (nSPS) is 10.9. The number of halogens is 2. The predicted molar refractivity (Wildman–Crippen MR) is 109 cm³/mol. The van der Waals surface area contributed by atoms with Crippen molar-refractivity contribution in [3.05, 3.63) is 83.6 Å². The summed E-state index contributed by atoms with van der Waals surface area (Å²) in [4.78, 5) is 26.7. The minimum Gasteiger partial charge on any atom is -0.478 e. The monoisotopic (exact) mass is 407 g/mol. The van der Waals surface area contributed by atoms with Crippen LogP contribution in [0.5, 0.6) is 0 Å². The standard InChI is InChI=1S/C22H15F2N3O3/c23-16-8-12(11-5-6-19-15(7-11)18(25)10-26-19)9-17(24)20(16)27-21(28)13-3-1-2-4-14(13)22(29)30/h1-10,26H,25H2,(H,27,28)(H,29,30). The number of carboxylic acids is 1. The van der Waals surface area contributed by atoms with Gasteiger partial charge in [0.15, 0.2) is 0 Å². The Labute approximate surface area is 169 Å². The summed E-state index contributed by atoms with van der Waals surface area (Å²) in [5.41, 5.74) is 6.84. The van der Waals surface area contributed by atoms with E-state index in [1.165, 1.54) is 24.3 Å². The number of nitrogen functional groups attached to an aromatic ring is 1. The number of carboxylic acid groups (broad SMARTS) is 1. The summed E-state index contributed by atoms with van der Waals surface area (Å²) < 4.78 is 29.3. The average molecular weight is 407 g/mol. The number of aromatic nitrogens is 1. The third-order valence-electron chi connectivity index (χ3n) is 4.73. The second kappa shape index (κ2) is 7.32. The van der Waals surface area contributed by atoms with Crippen molar-refractivity contribution < 1.29 is 23.5 Å². The summed E-state index contributed by atoms with van der Waals surface area (Å²) in [7, 11) is 0. The summed E-state index contributed by atoms with van der Waals surface area (Å²) in [5.74, 6) is -4.24. The number of fused-ring (bicyclic) bond motifs is 1. The lowest BCUT2D eigenvalue weighted by Gasteiger charge is -2.11. The molecule has 3 aromatic carbocycles. The van der Waals surface area contributed by atoms with Crippen LogP contribution in [0.3, 0.4) is 0 Å². The second-order valence-electron chi connectivity index (χ2n) is 6.62. The Bertz CT molecular complexity index is 1290. The van der Waals surface area contributed by atoms with E-state index in [1.807, 2.05) is 0 Å². The summed E-state index contributed by atoms with van der Waals surface area (Å²) in [6.07, 6.45) is 1.63. The highest BCUT2D eigenvalue weighted by Gasteiger charge is 2.20. The van der Waals surface area contributed by atoms with E-state index < -0.39 is 29.2 Å². The van der Waals surface area contributed by atoms with Crippen LogP contribution in [-0.2, 0) is 0 Å². The van der Waals surface area contributed by atoms with Crippen molar-refractivity contribution in [2.45, 2.75) is 0 Å². The molecule has 0 fully saturated rings. The van der Waals surface area contributed by atoms with Crippen LogP contribution in [0.15, 0.2) is 60.8 Å². The van der Waals surface area contributed by atoms with Gasteiger partial charge in [0.1, 0.15) is 17.3 Å². The van der Waals surface area contributed by atoms with E-state index in [0.717, 1.165) is 23.0 Å². The Morgan fingerprint density at radius 2 is 1.60 bits per heavy atom. The van der Waals surface area contributed by atoms with E-state index in [4.69, 9.17) is 5.73 Å². The predicted octanol–water partition coefficient (Wildman–Crippen LogP) is 4.65. The molecular formula is C22H15F2N3O3. The summed E-state index contributed by atoms with van der Waals surface area (Å²) in [5, 5.41) is 12.0. The molecule has 4 rings (SSSR count). The molecule has 8 heteroatoms. The van der Waals surface area contributed by atoms with Gasteiger partial charge >= 0.3 is 5.97 Å². The molecule has 1 aromatic heterocycles. The number of nitrogens with one attached hydrogen (secondary N) is 2. The highest BCUT2D eigenvalue weighted by atomic mass is 19.1. The van der Waals surface area contributed by atoms with Gasteiger partial charge in [-0.25, -0.2) is 13.6 Å². The molecule has 6 nitrogen and oxygen atoms in total. The molecule has 150 valence electrons. The molecule has 0 unspecified atom stereocenters. The maximum absolute atomic E-state index is 14.7. The minimum atomic E-state index is -1.32. The van der Waals surface area contributed by atoms with E-state index in [2.05, 4.69) is 10.3 Å². The van der Waals surface area contributed by atoms with Gasteiger partial charge in [0.25, 0.3) is 5.91 Å². The fourth-order valence-electron chi connectivity index (χ4n) is 3.23. The largest absolute Gasteiger partial charge is 0.478 e. The van der Waals surface area contributed by atoms with Gasteiger partial charge in [-0.1, -0.05) is 18.2 Å². The Balaban J connectivity index is 1.68. The van der Waals surface area contributed by atoms with Crippen LogP contribution >= 0.6 is 0 Å². The molecule has 0 saturated carbocycles. The van der Waals surface area contributed by atoms with Gasteiger partial charge in [0.05, 0.1) is 16.8 Å².